The van der Waals surface area contributed by atoms with Crippen molar-refractivity contribution in [2.75, 3.05) is 51.7 Å². The lowest BCUT2D eigenvalue weighted by Crippen LogP contribution is -2.43. The van der Waals surface area contributed by atoms with Crippen LogP contribution in [0.4, 0.5) is 5.69 Å². The van der Waals surface area contributed by atoms with Gasteiger partial charge < -0.3 is 16.2 Å². The van der Waals surface area contributed by atoms with Crippen molar-refractivity contribution in [3.63, 3.8) is 0 Å². The molecule has 1 fully saturated rings. The standard InChI is InChI=1S/C15H24N4O2/c16-14-3-1-2-13(10-14)11-19(12-15(17)20)5-4-18-6-8-21-9-7-18/h1-3,10H,4-9,11-12,16H2,(H2,17,20). The Morgan fingerprint density at radius 1 is 1.33 bits per heavy atom. The van der Waals surface area contributed by atoms with Crippen LogP contribution in [0.25, 0.3) is 0 Å². The number of rotatable bonds is 7. The lowest BCUT2D eigenvalue weighted by atomic mass is 10.2. The SMILES string of the molecule is NC(=O)CN(CCN1CCOCC1)Cc1cccc(N)c1. The molecule has 116 valence electrons. The van der Waals surface area contributed by atoms with Crippen LogP contribution in [0.2, 0.25) is 0 Å². The van der Waals surface area contributed by atoms with E-state index in [1.165, 1.54) is 0 Å². The van der Waals surface area contributed by atoms with Gasteiger partial charge in [0.1, 0.15) is 0 Å². The zero-order chi connectivity index (χ0) is 15.1. The van der Waals surface area contributed by atoms with Crippen LogP contribution in [0.15, 0.2) is 24.3 Å². The maximum Gasteiger partial charge on any atom is 0.231 e. The highest BCUT2D eigenvalue weighted by Crippen LogP contribution is 2.09. The Labute approximate surface area is 125 Å². The van der Waals surface area contributed by atoms with E-state index >= 15 is 0 Å². The van der Waals surface area contributed by atoms with E-state index in [9.17, 15) is 4.79 Å². The molecule has 1 aromatic carbocycles. The van der Waals surface area contributed by atoms with Crippen molar-refractivity contribution in [3.05, 3.63) is 29.8 Å². The maximum atomic E-state index is 11.2. The van der Waals surface area contributed by atoms with E-state index in [0.29, 0.717) is 6.54 Å². The summed E-state index contributed by atoms with van der Waals surface area (Å²) in [4.78, 5) is 15.6. The van der Waals surface area contributed by atoms with E-state index in [2.05, 4.69) is 9.80 Å². The van der Waals surface area contributed by atoms with Crippen LogP contribution in [-0.2, 0) is 16.1 Å². The van der Waals surface area contributed by atoms with Crippen molar-refractivity contribution in [1.82, 2.24) is 9.80 Å². The number of anilines is 1. The summed E-state index contributed by atoms with van der Waals surface area (Å²) in [6.45, 7) is 6.12. The molecule has 6 heteroatoms. The second kappa shape index (κ2) is 7.97. The molecule has 0 radical (unpaired) electrons. The van der Waals surface area contributed by atoms with Crippen molar-refractivity contribution >= 4 is 11.6 Å². The number of ether oxygens (including phenoxy) is 1. The molecule has 1 aliphatic rings. The number of hydrogen-bond acceptors (Lipinski definition) is 5. The van der Waals surface area contributed by atoms with Gasteiger partial charge in [-0.1, -0.05) is 12.1 Å². The van der Waals surface area contributed by atoms with E-state index in [4.69, 9.17) is 16.2 Å². The second-order valence-electron chi connectivity index (χ2n) is 5.38. The Bertz CT molecular complexity index is 461. The van der Waals surface area contributed by atoms with Crippen LogP contribution < -0.4 is 11.5 Å². The lowest BCUT2D eigenvalue weighted by molar-refractivity contribution is -0.119. The van der Waals surface area contributed by atoms with Gasteiger partial charge in [-0.25, -0.2) is 0 Å². The fraction of sp³-hybridized carbons (Fsp3) is 0.533. The summed E-state index contributed by atoms with van der Waals surface area (Å²) in [5, 5.41) is 0. The maximum absolute atomic E-state index is 11.2. The highest BCUT2D eigenvalue weighted by Gasteiger charge is 2.14. The monoisotopic (exact) mass is 292 g/mol. The molecule has 2 rings (SSSR count). The Hall–Kier alpha value is -1.63. The predicted octanol–water partition coefficient (Wildman–Crippen LogP) is -0.112. The van der Waals surface area contributed by atoms with Crippen molar-refractivity contribution in [2.45, 2.75) is 6.54 Å². The van der Waals surface area contributed by atoms with Crippen LogP contribution in [0, 0.1) is 0 Å². The van der Waals surface area contributed by atoms with E-state index in [1.54, 1.807) is 0 Å². The Kier molecular flexibility index (Phi) is 5.98. The average molecular weight is 292 g/mol. The first kappa shape index (κ1) is 15.8. The minimum atomic E-state index is -0.305. The Morgan fingerprint density at radius 3 is 2.76 bits per heavy atom. The normalized spacial score (nSPS) is 16.2. The summed E-state index contributed by atoms with van der Waals surface area (Å²) < 4.78 is 5.34. The molecule has 4 N–H and O–H groups in total. The molecular formula is C15H24N4O2. The fourth-order valence-corrected chi connectivity index (χ4v) is 2.49. The largest absolute Gasteiger partial charge is 0.399 e. The third-order valence-corrected chi connectivity index (χ3v) is 3.57. The number of carbonyl (C=O) groups excluding carboxylic acids is 1. The van der Waals surface area contributed by atoms with Crippen LogP contribution in [0.5, 0.6) is 0 Å². The summed E-state index contributed by atoms with van der Waals surface area (Å²) in [7, 11) is 0. The number of nitrogens with zero attached hydrogens (tertiary/aromatic N) is 2. The van der Waals surface area contributed by atoms with Crippen molar-refractivity contribution in [3.8, 4) is 0 Å². The number of benzene rings is 1. The smallest absolute Gasteiger partial charge is 0.231 e. The van der Waals surface area contributed by atoms with Gasteiger partial charge in [-0.05, 0) is 17.7 Å². The van der Waals surface area contributed by atoms with Crippen molar-refractivity contribution < 1.29 is 9.53 Å². The molecule has 0 unspecified atom stereocenters. The first-order chi connectivity index (χ1) is 10.1. The lowest BCUT2D eigenvalue weighted by Gasteiger charge is -2.29. The molecule has 0 atom stereocenters. The van der Waals surface area contributed by atoms with Gasteiger partial charge in [0, 0.05) is 38.4 Å². The molecule has 1 heterocycles. The third kappa shape index (κ3) is 5.71. The highest BCUT2D eigenvalue weighted by molar-refractivity contribution is 5.75. The van der Waals surface area contributed by atoms with E-state index in [1.807, 2.05) is 24.3 Å². The van der Waals surface area contributed by atoms with Gasteiger partial charge in [-0.3, -0.25) is 14.6 Å². The molecule has 0 spiro atoms. The van der Waals surface area contributed by atoms with Crippen LogP contribution >= 0.6 is 0 Å². The minimum Gasteiger partial charge on any atom is -0.399 e. The summed E-state index contributed by atoms with van der Waals surface area (Å²) in [6.07, 6.45) is 0. The zero-order valence-electron chi connectivity index (χ0n) is 12.3. The van der Waals surface area contributed by atoms with E-state index in [0.717, 1.165) is 50.6 Å². The quantitative estimate of drug-likeness (QED) is 0.685. The molecule has 1 saturated heterocycles. The van der Waals surface area contributed by atoms with Crippen molar-refractivity contribution in [2.24, 2.45) is 5.73 Å². The van der Waals surface area contributed by atoms with Gasteiger partial charge >= 0.3 is 0 Å². The Balaban J connectivity index is 1.88. The van der Waals surface area contributed by atoms with Crippen LogP contribution in [0.1, 0.15) is 5.56 Å². The number of nitrogen functional groups attached to an aromatic ring is 1. The number of hydrogen-bond donors (Lipinski definition) is 2. The van der Waals surface area contributed by atoms with Gasteiger partial charge in [-0.15, -0.1) is 0 Å². The highest BCUT2D eigenvalue weighted by atomic mass is 16.5. The summed E-state index contributed by atoms with van der Waals surface area (Å²) in [5.74, 6) is -0.305. The van der Waals surface area contributed by atoms with Crippen molar-refractivity contribution in [1.29, 1.82) is 0 Å². The number of morpholine rings is 1. The first-order valence-corrected chi connectivity index (χ1v) is 7.28. The number of nitrogens with two attached hydrogens (primary N) is 2. The molecule has 1 amide bonds. The topological polar surface area (TPSA) is 84.8 Å². The molecule has 1 aliphatic heterocycles. The van der Waals surface area contributed by atoms with Gasteiger partial charge in [0.25, 0.3) is 0 Å². The average Bonchev–Trinajstić information content (AvgIpc) is 2.45. The molecule has 0 bridgehead atoms. The molecule has 1 aromatic rings. The van der Waals surface area contributed by atoms with Gasteiger partial charge in [0.05, 0.1) is 19.8 Å². The number of carbonyl (C=O) groups is 1. The van der Waals surface area contributed by atoms with Gasteiger partial charge in [0.15, 0.2) is 0 Å². The van der Waals surface area contributed by atoms with Gasteiger partial charge in [0.2, 0.25) is 5.91 Å². The minimum absolute atomic E-state index is 0.263. The molecular weight excluding hydrogens is 268 g/mol. The van der Waals surface area contributed by atoms with Gasteiger partial charge in [-0.2, -0.15) is 0 Å². The fourth-order valence-electron chi connectivity index (χ4n) is 2.49. The van der Waals surface area contributed by atoms with Crippen LogP contribution in [0.3, 0.4) is 0 Å². The summed E-state index contributed by atoms with van der Waals surface area (Å²) in [6, 6.07) is 7.73. The second-order valence-corrected chi connectivity index (χ2v) is 5.38. The third-order valence-electron chi connectivity index (χ3n) is 3.57. The van der Waals surface area contributed by atoms with E-state index in [-0.39, 0.29) is 12.5 Å². The Morgan fingerprint density at radius 2 is 2.10 bits per heavy atom. The molecule has 21 heavy (non-hydrogen) atoms. The molecule has 6 nitrogen and oxygen atoms in total. The van der Waals surface area contributed by atoms with E-state index < -0.39 is 0 Å². The zero-order valence-corrected chi connectivity index (χ0v) is 12.3. The molecule has 0 aliphatic carbocycles. The molecule has 0 aromatic heterocycles. The summed E-state index contributed by atoms with van der Waals surface area (Å²) in [5.41, 5.74) is 13.0. The number of primary amides is 1. The summed E-state index contributed by atoms with van der Waals surface area (Å²) >= 11 is 0. The van der Waals surface area contributed by atoms with Crippen LogP contribution in [-0.4, -0.2) is 61.6 Å². The first-order valence-electron chi connectivity index (χ1n) is 7.28. The molecule has 0 saturated carbocycles. The number of amides is 1. The predicted molar refractivity (Wildman–Crippen MR) is 82.6 cm³/mol.